The van der Waals surface area contributed by atoms with Gasteiger partial charge in [0.1, 0.15) is 5.60 Å². The topological polar surface area (TPSA) is 75.9 Å². The van der Waals surface area contributed by atoms with E-state index in [4.69, 9.17) is 10.5 Å². The van der Waals surface area contributed by atoms with Crippen LogP contribution in [0.15, 0.2) is 0 Å². The highest BCUT2D eigenvalue weighted by atomic mass is 16.6. The van der Waals surface area contributed by atoms with Crippen molar-refractivity contribution in [3.8, 4) is 0 Å². The second-order valence-electron chi connectivity index (χ2n) is 6.72. The second kappa shape index (κ2) is 7.64. The molecule has 0 spiro atoms. The lowest BCUT2D eigenvalue weighted by molar-refractivity contribution is -0.132. The summed E-state index contributed by atoms with van der Waals surface area (Å²) in [5, 5.41) is 0. The number of piperidine rings is 1. The average molecular weight is 299 g/mol. The number of nitrogens with two attached hydrogens (primary N) is 1. The van der Waals surface area contributed by atoms with Crippen LogP contribution < -0.4 is 5.73 Å². The molecule has 0 aromatic heterocycles. The smallest absolute Gasteiger partial charge is 0.410 e. The van der Waals surface area contributed by atoms with Gasteiger partial charge in [0.2, 0.25) is 5.91 Å². The molecular weight excluding hydrogens is 270 g/mol. The zero-order valence-corrected chi connectivity index (χ0v) is 13.7. The van der Waals surface area contributed by atoms with E-state index in [2.05, 4.69) is 0 Å². The Bertz CT molecular complexity index is 358. The minimum atomic E-state index is -0.492. The third-order valence-electron chi connectivity index (χ3n) is 3.48. The van der Waals surface area contributed by atoms with Crippen LogP contribution in [0.3, 0.4) is 0 Å². The van der Waals surface area contributed by atoms with Gasteiger partial charge in [-0.25, -0.2) is 4.79 Å². The molecular formula is C15H29N3O3. The highest BCUT2D eigenvalue weighted by molar-refractivity contribution is 5.76. The minimum absolute atomic E-state index is 0.152. The number of ether oxygens (including phenoxy) is 1. The maximum atomic E-state index is 12.0. The summed E-state index contributed by atoms with van der Waals surface area (Å²) in [5.41, 5.74) is 5.33. The molecule has 21 heavy (non-hydrogen) atoms. The molecule has 0 bridgehead atoms. The highest BCUT2D eigenvalue weighted by Gasteiger charge is 2.22. The number of hydrogen-bond donors (Lipinski definition) is 1. The van der Waals surface area contributed by atoms with Crippen molar-refractivity contribution in [1.29, 1.82) is 0 Å². The van der Waals surface area contributed by atoms with Crippen LogP contribution in [0.5, 0.6) is 0 Å². The van der Waals surface area contributed by atoms with Gasteiger partial charge in [-0.1, -0.05) is 0 Å². The van der Waals surface area contributed by atoms with E-state index in [0.29, 0.717) is 19.4 Å². The van der Waals surface area contributed by atoms with Crippen LogP contribution in [-0.4, -0.2) is 60.1 Å². The molecule has 1 heterocycles. The zero-order valence-electron chi connectivity index (χ0n) is 13.7. The number of hydrogen-bond acceptors (Lipinski definition) is 4. The van der Waals surface area contributed by atoms with Crippen LogP contribution in [0.2, 0.25) is 0 Å². The van der Waals surface area contributed by atoms with E-state index in [1.165, 1.54) is 4.90 Å². The molecule has 0 aliphatic carbocycles. The molecule has 1 rings (SSSR count). The fourth-order valence-corrected chi connectivity index (χ4v) is 2.21. The fraction of sp³-hybridized carbons (Fsp3) is 0.867. The Morgan fingerprint density at radius 1 is 1.29 bits per heavy atom. The van der Waals surface area contributed by atoms with E-state index in [1.54, 1.807) is 7.05 Å². The van der Waals surface area contributed by atoms with E-state index in [9.17, 15) is 9.59 Å². The predicted octanol–water partition coefficient (Wildman–Crippen LogP) is 1.58. The van der Waals surface area contributed by atoms with Gasteiger partial charge in [-0.3, -0.25) is 4.79 Å². The minimum Gasteiger partial charge on any atom is -0.444 e. The largest absolute Gasteiger partial charge is 0.444 e. The van der Waals surface area contributed by atoms with Crippen molar-refractivity contribution in [2.24, 2.45) is 5.73 Å². The van der Waals surface area contributed by atoms with Gasteiger partial charge in [-0.15, -0.1) is 0 Å². The van der Waals surface area contributed by atoms with Gasteiger partial charge < -0.3 is 20.3 Å². The van der Waals surface area contributed by atoms with Crippen molar-refractivity contribution in [2.45, 2.75) is 58.1 Å². The number of amides is 2. The molecule has 0 unspecified atom stereocenters. The van der Waals surface area contributed by atoms with Gasteiger partial charge in [-0.05, 0) is 40.0 Å². The molecule has 2 amide bonds. The van der Waals surface area contributed by atoms with Gasteiger partial charge in [0.15, 0.2) is 0 Å². The van der Waals surface area contributed by atoms with E-state index in [0.717, 1.165) is 25.9 Å². The van der Waals surface area contributed by atoms with E-state index in [1.807, 2.05) is 25.7 Å². The Balaban J connectivity index is 2.23. The average Bonchev–Trinajstić information content (AvgIpc) is 2.37. The lowest BCUT2D eigenvalue weighted by atomic mass is 10.1. The molecule has 6 nitrogen and oxygen atoms in total. The van der Waals surface area contributed by atoms with Gasteiger partial charge in [0.25, 0.3) is 0 Å². The zero-order chi connectivity index (χ0) is 16.0. The van der Waals surface area contributed by atoms with Gasteiger partial charge in [0.05, 0.1) is 0 Å². The molecule has 1 aliphatic heterocycles. The number of carbonyl (C=O) groups excluding carboxylic acids is 2. The van der Waals surface area contributed by atoms with Gasteiger partial charge in [-0.2, -0.15) is 0 Å². The molecule has 1 saturated heterocycles. The van der Waals surface area contributed by atoms with Crippen molar-refractivity contribution >= 4 is 12.0 Å². The molecule has 122 valence electrons. The molecule has 2 N–H and O–H groups in total. The number of rotatable bonds is 4. The Morgan fingerprint density at radius 3 is 2.38 bits per heavy atom. The quantitative estimate of drug-likeness (QED) is 0.855. The van der Waals surface area contributed by atoms with Crippen LogP contribution in [-0.2, 0) is 9.53 Å². The predicted molar refractivity (Wildman–Crippen MR) is 81.9 cm³/mol. The summed E-state index contributed by atoms with van der Waals surface area (Å²) in [5.74, 6) is 0.152. The van der Waals surface area contributed by atoms with Crippen LogP contribution in [0.25, 0.3) is 0 Å². The summed E-state index contributed by atoms with van der Waals surface area (Å²) in [6, 6.07) is 0.229. The number of nitrogens with zero attached hydrogens (tertiary/aromatic N) is 2. The molecule has 0 atom stereocenters. The number of likely N-dealkylation sites (tertiary alicyclic amines) is 1. The summed E-state index contributed by atoms with van der Waals surface area (Å²) in [6.45, 7) is 7.54. The summed E-state index contributed by atoms with van der Waals surface area (Å²) >= 11 is 0. The first-order valence-corrected chi connectivity index (χ1v) is 7.66. The Hall–Kier alpha value is -1.30. The van der Waals surface area contributed by atoms with Crippen molar-refractivity contribution in [2.75, 3.05) is 26.7 Å². The van der Waals surface area contributed by atoms with Crippen molar-refractivity contribution in [3.63, 3.8) is 0 Å². The number of carbonyl (C=O) groups is 2. The van der Waals surface area contributed by atoms with Crippen LogP contribution in [0.4, 0.5) is 4.79 Å². The Kier molecular flexibility index (Phi) is 6.45. The first-order valence-electron chi connectivity index (χ1n) is 7.66. The van der Waals surface area contributed by atoms with Crippen LogP contribution in [0.1, 0.15) is 46.5 Å². The molecule has 0 aromatic carbocycles. The van der Waals surface area contributed by atoms with Gasteiger partial charge >= 0.3 is 6.09 Å². The molecule has 0 aromatic rings. The Morgan fingerprint density at radius 2 is 1.86 bits per heavy atom. The molecule has 1 fully saturated rings. The summed E-state index contributed by atoms with van der Waals surface area (Å²) < 4.78 is 5.26. The molecule has 6 heteroatoms. The van der Waals surface area contributed by atoms with E-state index in [-0.39, 0.29) is 18.0 Å². The second-order valence-corrected chi connectivity index (χ2v) is 6.72. The van der Waals surface area contributed by atoms with Gasteiger partial charge in [0, 0.05) is 39.1 Å². The molecule has 1 aliphatic rings. The third kappa shape index (κ3) is 6.80. The summed E-state index contributed by atoms with van der Waals surface area (Å²) in [7, 11) is 1.69. The van der Waals surface area contributed by atoms with E-state index < -0.39 is 5.60 Å². The van der Waals surface area contributed by atoms with Crippen molar-refractivity contribution in [1.82, 2.24) is 9.80 Å². The lowest BCUT2D eigenvalue weighted by Crippen LogP contribution is -2.43. The maximum absolute atomic E-state index is 12.0. The monoisotopic (exact) mass is 299 g/mol. The first kappa shape index (κ1) is 17.8. The highest BCUT2D eigenvalue weighted by Crippen LogP contribution is 2.12. The fourth-order valence-electron chi connectivity index (χ4n) is 2.21. The van der Waals surface area contributed by atoms with Crippen molar-refractivity contribution < 1.29 is 14.3 Å². The third-order valence-corrected chi connectivity index (χ3v) is 3.48. The lowest BCUT2D eigenvalue weighted by Gasteiger charge is -2.30. The normalized spacial score (nSPS) is 16.7. The SMILES string of the molecule is CN(CCCC(=O)N1CCC(N)CC1)C(=O)OC(C)(C)C. The standard InChI is InChI=1S/C15H29N3O3/c1-15(2,3)21-14(20)17(4)9-5-6-13(19)18-10-7-12(16)8-11-18/h12H,5-11,16H2,1-4H3. The Labute approximate surface area is 127 Å². The van der Waals surface area contributed by atoms with E-state index >= 15 is 0 Å². The summed E-state index contributed by atoms with van der Waals surface area (Å²) in [4.78, 5) is 27.2. The van der Waals surface area contributed by atoms with Crippen LogP contribution >= 0.6 is 0 Å². The first-order chi connectivity index (χ1) is 9.69. The summed E-state index contributed by atoms with van der Waals surface area (Å²) in [6.07, 6.45) is 2.52. The van der Waals surface area contributed by atoms with Crippen molar-refractivity contribution in [3.05, 3.63) is 0 Å². The maximum Gasteiger partial charge on any atom is 0.410 e. The van der Waals surface area contributed by atoms with Crippen LogP contribution in [0, 0.1) is 0 Å². The molecule has 0 radical (unpaired) electrons. The molecule has 0 saturated carbocycles.